The molecule has 0 fully saturated rings. The van der Waals surface area contributed by atoms with Gasteiger partial charge in [-0.05, 0) is 15.9 Å². The molecule has 0 spiro atoms. The SMILES string of the molecule is NN(CCC(=O)c1ncc(Br)s1)C(=O)O. The zero-order valence-electron chi connectivity index (χ0n) is 7.51. The van der Waals surface area contributed by atoms with E-state index < -0.39 is 6.09 Å². The number of thiazole rings is 1. The van der Waals surface area contributed by atoms with E-state index in [1.807, 2.05) is 0 Å². The van der Waals surface area contributed by atoms with Crippen LogP contribution < -0.4 is 5.84 Å². The molecular formula is C7H8BrN3O3S. The normalized spacial score (nSPS) is 10.0. The van der Waals surface area contributed by atoms with Crippen molar-refractivity contribution in [1.82, 2.24) is 9.99 Å². The smallest absolute Gasteiger partial charge is 0.421 e. The Bertz CT molecular complexity index is 381. The zero-order chi connectivity index (χ0) is 11.4. The average Bonchev–Trinajstić information content (AvgIpc) is 2.60. The molecule has 1 heterocycles. The fourth-order valence-electron chi connectivity index (χ4n) is 0.808. The van der Waals surface area contributed by atoms with Crippen LogP contribution in [0.4, 0.5) is 4.79 Å². The number of Topliss-reactive ketones (excluding diaryl/α,β-unsaturated/α-hetero) is 1. The highest BCUT2D eigenvalue weighted by Gasteiger charge is 2.13. The lowest BCUT2D eigenvalue weighted by molar-refractivity contribution is 0.0959. The molecule has 1 aromatic rings. The Labute approximate surface area is 97.8 Å². The van der Waals surface area contributed by atoms with Crippen LogP contribution in [0.15, 0.2) is 9.98 Å². The van der Waals surface area contributed by atoms with Crippen molar-refractivity contribution >= 4 is 39.1 Å². The molecule has 0 aliphatic rings. The summed E-state index contributed by atoms with van der Waals surface area (Å²) in [5.41, 5.74) is 0. The Morgan fingerprint density at radius 1 is 1.67 bits per heavy atom. The Hall–Kier alpha value is -0.990. The third-order valence-electron chi connectivity index (χ3n) is 1.54. The molecule has 1 aromatic heterocycles. The first-order valence-corrected chi connectivity index (χ1v) is 5.51. The largest absolute Gasteiger partial charge is 0.464 e. The number of hydrazine groups is 1. The number of carbonyl (C=O) groups is 2. The first kappa shape index (κ1) is 12.1. The maximum atomic E-state index is 11.4. The molecular weight excluding hydrogens is 286 g/mol. The summed E-state index contributed by atoms with van der Waals surface area (Å²) in [6, 6.07) is 0. The third kappa shape index (κ3) is 3.57. The number of nitrogens with two attached hydrogens (primary N) is 1. The molecule has 0 aromatic carbocycles. The van der Waals surface area contributed by atoms with Crippen molar-refractivity contribution in [3.63, 3.8) is 0 Å². The van der Waals surface area contributed by atoms with E-state index in [4.69, 9.17) is 10.9 Å². The highest BCUT2D eigenvalue weighted by atomic mass is 79.9. The topological polar surface area (TPSA) is 96.5 Å². The number of aromatic nitrogens is 1. The van der Waals surface area contributed by atoms with Crippen molar-refractivity contribution < 1.29 is 14.7 Å². The lowest BCUT2D eigenvalue weighted by atomic mass is 10.3. The van der Waals surface area contributed by atoms with Gasteiger partial charge in [0.2, 0.25) is 0 Å². The van der Waals surface area contributed by atoms with E-state index in [1.54, 1.807) is 0 Å². The van der Waals surface area contributed by atoms with Gasteiger partial charge in [0.25, 0.3) is 0 Å². The van der Waals surface area contributed by atoms with Crippen molar-refractivity contribution in [3.05, 3.63) is 15.0 Å². The number of ketones is 1. The van der Waals surface area contributed by atoms with Crippen LogP contribution in [0.3, 0.4) is 0 Å². The minimum atomic E-state index is -1.26. The lowest BCUT2D eigenvalue weighted by Crippen LogP contribution is -2.37. The molecule has 0 radical (unpaired) electrons. The van der Waals surface area contributed by atoms with Gasteiger partial charge in [-0.1, -0.05) is 0 Å². The molecule has 0 unspecified atom stereocenters. The lowest BCUT2D eigenvalue weighted by Gasteiger charge is -2.10. The third-order valence-corrected chi connectivity index (χ3v) is 3.06. The molecule has 8 heteroatoms. The first-order valence-electron chi connectivity index (χ1n) is 3.90. The summed E-state index contributed by atoms with van der Waals surface area (Å²) >= 11 is 4.38. The summed E-state index contributed by atoms with van der Waals surface area (Å²) < 4.78 is 0.758. The van der Waals surface area contributed by atoms with Crippen LogP contribution in [0.2, 0.25) is 0 Å². The predicted octanol–water partition coefficient (Wildman–Crippen LogP) is 1.33. The second kappa shape index (κ2) is 5.19. The Balaban J connectivity index is 2.47. The van der Waals surface area contributed by atoms with E-state index >= 15 is 0 Å². The number of hydrogen-bond acceptors (Lipinski definition) is 5. The van der Waals surface area contributed by atoms with Crippen LogP contribution in [0.1, 0.15) is 16.2 Å². The monoisotopic (exact) mass is 293 g/mol. The molecule has 82 valence electrons. The molecule has 0 aliphatic heterocycles. The second-order valence-electron chi connectivity index (χ2n) is 2.62. The van der Waals surface area contributed by atoms with E-state index in [2.05, 4.69) is 20.9 Å². The standard InChI is InChI=1S/C7H8BrN3O3S/c8-5-3-10-6(15-5)4(12)1-2-11(9)7(13)14/h3H,1-2,9H2,(H,13,14). The van der Waals surface area contributed by atoms with Crippen molar-refractivity contribution in [2.45, 2.75) is 6.42 Å². The fraction of sp³-hybridized carbons (Fsp3) is 0.286. The van der Waals surface area contributed by atoms with Gasteiger partial charge >= 0.3 is 6.09 Å². The number of carbonyl (C=O) groups excluding carboxylic acids is 1. The van der Waals surface area contributed by atoms with Crippen LogP contribution in [-0.2, 0) is 0 Å². The summed E-state index contributed by atoms with van der Waals surface area (Å²) in [7, 11) is 0. The van der Waals surface area contributed by atoms with E-state index in [9.17, 15) is 9.59 Å². The van der Waals surface area contributed by atoms with E-state index in [0.717, 1.165) is 3.79 Å². The quantitative estimate of drug-likeness (QED) is 0.378. The van der Waals surface area contributed by atoms with Gasteiger partial charge < -0.3 is 5.11 Å². The summed E-state index contributed by atoms with van der Waals surface area (Å²) in [5, 5.41) is 9.36. The van der Waals surface area contributed by atoms with E-state index in [0.29, 0.717) is 10.0 Å². The van der Waals surface area contributed by atoms with Gasteiger partial charge in [0.15, 0.2) is 10.8 Å². The predicted molar refractivity (Wildman–Crippen MR) is 57.7 cm³/mol. The Morgan fingerprint density at radius 3 is 2.80 bits per heavy atom. The molecule has 6 nitrogen and oxygen atoms in total. The maximum Gasteiger partial charge on any atom is 0.421 e. The van der Waals surface area contributed by atoms with Gasteiger partial charge in [-0.3, -0.25) is 4.79 Å². The van der Waals surface area contributed by atoms with Crippen LogP contribution >= 0.6 is 27.3 Å². The minimum Gasteiger partial charge on any atom is -0.464 e. The van der Waals surface area contributed by atoms with Crippen molar-refractivity contribution in [2.24, 2.45) is 5.84 Å². The second-order valence-corrected chi connectivity index (χ2v) is 5.03. The van der Waals surface area contributed by atoms with Gasteiger partial charge in [0.1, 0.15) is 0 Å². The summed E-state index contributed by atoms with van der Waals surface area (Å²) in [5.74, 6) is 4.88. The highest BCUT2D eigenvalue weighted by molar-refractivity contribution is 9.11. The number of rotatable bonds is 4. The zero-order valence-corrected chi connectivity index (χ0v) is 9.92. The van der Waals surface area contributed by atoms with Crippen molar-refractivity contribution in [3.8, 4) is 0 Å². The molecule has 0 bridgehead atoms. The van der Waals surface area contributed by atoms with E-state index in [1.165, 1.54) is 17.5 Å². The fourth-order valence-corrected chi connectivity index (χ4v) is 1.98. The van der Waals surface area contributed by atoms with Gasteiger partial charge in [-0.15, -0.1) is 11.3 Å². The number of carboxylic acid groups (broad SMARTS) is 1. The summed E-state index contributed by atoms with van der Waals surface area (Å²) in [6.45, 7) is -0.0363. The molecule has 0 saturated carbocycles. The highest BCUT2D eigenvalue weighted by Crippen LogP contribution is 2.20. The maximum absolute atomic E-state index is 11.4. The number of hydrogen-bond donors (Lipinski definition) is 2. The van der Waals surface area contributed by atoms with Gasteiger partial charge in [-0.2, -0.15) is 0 Å². The number of amides is 1. The van der Waals surface area contributed by atoms with Crippen LogP contribution in [0.25, 0.3) is 0 Å². The molecule has 1 amide bonds. The van der Waals surface area contributed by atoms with Gasteiger partial charge in [-0.25, -0.2) is 20.6 Å². The Kier molecular flexibility index (Phi) is 4.18. The number of halogens is 1. The molecule has 15 heavy (non-hydrogen) atoms. The Morgan fingerprint density at radius 2 is 2.33 bits per heavy atom. The van der Waals surface area contributed by atoms with Crippen LogP contribution in [-0.4, -0.2) is 33.5 Å². The van der Waals surface area contributed by atoms with Crippen molar-refractivity contribution in [2.75, 3.05) is 6.54 Å². The molecule has 3 N–H and O–H groups in total. The molecule has 0 saturated heterocycles. The molecule has 1 rings (SSSR count). The van der Waals surface area contributed by atoms with Gasteiger partial charge in [0.05, 0.1) is 9.98 Å². The van der Waals surface area contributed by atoms with E-state index in [-0.39, 0.29) is 18.7 Å². The molecule has 0 atom stereocenters. The first-order chi connectivity index (χ1) is 7.00. The average molecular weight is 294 g/mol. The summed E-state index contributed by atoms with van der Waals surface area (Å²) in [4.78, 5) is 25.6. The van der Waals surface area contributed by atoms with Gasteiger partial charge in [0, 0.05) is 13.0 Å². The number of nitrogens with zero attached hydrogens (tertiary/aromatic N) is 2. The summed E-state index contributed by atoms with van der Waals surface area (Å²) in [6.07, 6.45) is 0.293. The minimum absolute atomic E-state index is 0.0305. The van der Waals surface area contributed by atoms with Crippen LogP contribution in [0, 0.1) is 0 Å². The van der Waals surface area contributed by atoms with Crippen LogP contribution in [0.5, 0.6) is 0 Å². The molecule has 0 aliphatic carbocycles. The van der Waals surface area contributed by atoms with Crippen molar-refractivity contribution in [1.29, 1.82) is 0 Å².